The second-order valence-electron chi connectivity index (χ2n) is 7.13. The molecule has 0 radical (unpaired) electrons. The first-order valence-electron chi connectivity index (χ1n) is 9.57. The Morgan fingerprint density at radius 3 is 2.44 bits per heavy atom. The molecule has 0 saturated carbocycles. The molecule has 3 aromatic rings. The van der Waals surface area contributed by atoms with Gasteiger partial charge < -0.3 is 14.3 Å². The van der Waals surface area contributed by atoms with Crippen molar-refractivity contribution in [1.82, 2.24) is 0 Å². The van der Waals surface area contributed by atoms with Crippen LogP contribution in [0.15, 0.2) is 64.6 Å². The van der Waals surface area contributed by atoms with Gasteiger partial charge >= 0.3 is 0 Å². The highest BCUT2D eigenvalue weighted by Gasteiger charge is 2.48. The number of methoxy groups -OCH3 is 1. The molecule has 1 aliphatic heterocycles. The number of anilines is 1. The number of furan rings is 1. The Hall–Kier alpha value is -4.02. The van der Waals surface area contributed by atoms with Gasteiger partial charge in [-0.1, -0.05) is 11.6 Å². The van der Waals surface area contributed by atoms with Gasteiger partial charge in [-0.05, 0) is 61.5 Å². The lowest BCUT2D eigenvalue weighted by molar-refractivity contribution is -0.132. The number of ketones is 1. The molecule has 7 nitrogen and oxygen atoms in total. The van der Waals surface area contributed by atoms with Crippen molar-refractivity contribution in [2.45, 2.75) is 13.0 Å². The molecule has 1 saturated heterocycles. The van der Waals surface area contributed by atoms with E-state index in [0.717, 1.165) is 0 Å². The minimum absolute atomic E-state index is 0.130. The number of ether oxygens (including phenoxy) is 1. The number of aryl methyl sites for hydroxylation is 1. The van der Waals surface area contributed by atoms with Crippen LogP contribution < -0.4 is 9.64 Å². The van der Waals surface area contributed by atoms with Crippen LogP contribution in [0.4, 0.5) is 5.69 Å². The van der Waals surface area contributed by atoms with Gasteiger partial charge in [-0.2, -0.15) is 5.26 Å². The van der Waals surface area contributed by atoms with Crippen LogP contribution in [-0.2, 0) is 9.59 Å². The van der Waals surface area contributed by atoms with E-state index in [0.29, 0.717) is 28.5 Å². The van der Waals surface area contributed by atoms with Crippen molar-refractivity contribution in [2.75, 3.05) is 12.0 Å². The zero-order valence-corrected chi connectivity index (χ0v) is 17.9. The Morgan fingerprint density at radius 1 is 1.16 bits per heavy atom. The Bertz CT molecular complexity index is 1300. The average Bonchev–Trinajstić information content (AvgIpc) is 3.34. The third kappa shape index (κ3) is 3.51. The number of halogens is 1. The number of carbonyl (C=O) groups is 2. The fraction of sp³-hybridized carbons (Fsp3) is 0.125. The van der Waals surface area contributed by atoms with E-state index in [-0.39, 0.29) is 21.9 Å². The van der Waals surface area contributed by atoms with Crippen LogP contribution in [0.1, 0.15) is 28.7 Å². The van der Waals surface area contributed by atoms with Crippen molar-refractivity contribution in [3.05, 3.63) is 87.8 Å². The third-order valence-corrected chi connectivity index (χ3v) is 5.47. The number of rotatable bonds is 4. The molecular weight excluding hydrogens is 432 g/mol. The zero-order valence-electron chi connectivity index (χ0n) is 17.1. The van der Waals surface area contributed by atoms with Gasteiger partial charge in [0.05, 0.1) is 29.3 Å². The molecule has 1 aromatic heterocycles. The number of hydrogen-bond donors (Lipinski definition) is 1. The van der Waals surface area contributed by atoms with Crippen molar-refractivity contribution in [3.8, 4) is 11.8 Å². The van der Waals surface area contributed by atoms with E-state index in [2.05, 4.69) is 0 Å². The van der Waals surface area contributed by atoms with Gasteiger partial charge in [0.15, 0.2) is 0 Å². The molecule has 32 heavy (non-hydrogen) atoms. The highest BCUT2D eigenvalue weighted by Crippen LogP contribution is 2.43. The minimum atomic E-state index is -1.00. The lowest BCUT2D eigenvalue weighted by Crippen LogP contribution is -2.29. The molecular formula is C24H17ClN2O5. The summed E-state index contributed by atoms with van der Waals surface area (Å²) in [7, 11) is 1.46. The number of carbonyl (C=O) groups excluding carboxylic acids is 2. The maximum Gasteiger partial charge on any atom is 0.300 e. The van der Waals surface area contributed by atoms with Gasteiger partial charge in [-0.3, -0.25) is 14.5 Å². The average molecular weight is 449 g/mol. The first kappa shape index (κ1) is 21.2. The number of aliphatic hydroxyl groups is 1. The first-order chi connectivity index (χ1) is 15.3. The lowest BCUT2D eigenvalue weighted by Gasteiger charge is -2.23. The molecule has 0 bridgehead atoms. The van der Waals surface area contributed by atoms with Gasteiger partial charge in [-0.15, -0.1) is 0 Å². The van der Waals surface area contributed by atoms with Crippen molar-refractivity contribution >= 4 is 34.7 Å². The number of Topliss-reactive ketones (excluding diaryl/α,β-unsaturated/α-hetero) is 1. The molecule has 1 aliphatic rings. The summed E-state index contributed by atoms with van der Waals surface area (Å²) in [6, 6.07) is 15.1. The molecule has 0 spiro atoms. The highest BCUT2D eigenvalue weighted by atomic mass is 35.5. The standard InChI is InChI=1S/C24H17ClN2O5/c1-13-3-9-19(32-13)21-20(22(28)15-6-10-18(31-2)17(25)11-15)23(29)24(30)27(21)16-7-4-14(12-26)5-8-16/h3-11,21,28H,1-2H3/b22-20-. The van der Waals surface area contributed by atoms with Crippen molar-refractivity contribution in [1.29, 1.82) is 5.26 Å². The molecule has 1 amide bonds. The van der Waals surface area contributed by atoms with E-state index in [1.807, 2.05) is 6.07 Å². The van der Waals surface area contributed by atoms with Gasteiger partial charge in [0.1, 0.15) is 29.1 Å². The molecule has 4 rings (SSSR count). The maximum absolute atomic E-state index is 13.1. The van der Waals surface area contributed by atoms with Gasteiger partial charge in [0.25, 0.3) is 11.7 Å². The molecule has 1 unspecified atom stereocenters. The molecule has 8 heteroatoms. The molecule has 160 valence electrons. The maximum atomic E-state index is 13.1. The van der Waals surface area contributed by atoms with Gasteiger partial charge in [0.2, 0.25) is 0 Å². The fourth-order valence-electron chi connectivity index (χ4n) is 3.63. The molecule has 1 fully saturated rings. The van der Waals surface area contributed by atoms with E-state index < -0.39 is 17.7 Å². The number of nitrogens with zero attached hydrogens (tertiary/aromatic N) is 2. The van der Waals surface area contributed by atoms with Crippen LogP contribution in [0.5, 0.6) is 5.75 Å². The van der Waals surface area contributed by atoms with Crippen LogP contribution in [0.3, 0.4) is 0 Å². The zero-order chi connectivity index (χ0) is 23.0. The summed E-state index contributed by atoms with van der Waals surface area (Å²) >= 11 is 6.19. The number of aliphatic hydroxyl groups excluding tert-OH is 1. The molecule has 2 aromatic carbocycles. The second-order valence-corrected chi connectivity index (χ2v) is 7.53. The van der Waals surface area contributed by atoms with Gasteiger partial charge in [-0.25, -0.2) is 0 Å². The highest BCUT2D eigenvalue weighted by molar-refractivity contribution is 6.51. The van der Waals surface area contributed by atoms with Crippen LogP contribution >= 0.6 is 11.6 Å². The summed E-state index contributed by atoms with van der Waals surface area (Å²) in [5, 5.41) is 20.4. The summed E-state index contributed by atoms with van der Waals surface area (Å²) < 4.78 is 10.9. The smallest absolute Gasteiger partial charge is 0.300 e. The Kier molecular flexibility index (Phi) is 5.47. The second kappa shape index (κ2) is 8.25. The monoisotopic (exact) mass is 448 g/mol. The largest absolute Gasteiger partial charge is 0.507 e. The first-order valence-corrected chi connectivity index (χ1v) is 9.95. The van der Waals surface area contributed by atoms with E-state index in [4.69, 9.17) is 26.0 Å². The lowest BCUT2D eigenvalue weighted by atomic mass is 9.99. The summed E-state index contributed by atoms with van der Waals surface area (Å²) in [4.78, 5) is 27.4. The molecule has 2 heterocycles. The van der Waals surface area contributed by atoms with Gasteiger partial charge in [0, 0.05) is 11.3 Å². The number of nitriles is 1. The Morgan fingerprint density at radius 2 is 1.88 bits per heavy atom. The topological polar surface area (TPSA) is 104 Å². The van der Waals surface area contributed by atoms with Crippen LogP contribution in [0.25, 0.3) is 5.76 Å². The normalized spacial score (nSPS) is 17.4. The Balaban J connectivity index is 1.91. The fourth-order valence-corrected chi connectivity index (χ4v) is 3.89. The minimum Gasteiger partial charge on any atom is -0.507 e. The number of benzene rings is 2. The van der Waals surface area contributed by atoms with Crippen molar-refractivity contribution in [3.63, 3.8) is 0 Å². The third-order valence-electron chi connectivity index (χ3n) is 5.17. The summed E-state index contributed by atoms with van der Waals surface area (Å²) in [5.74, 6) is -0.777. The predicted octanol–water partition coefficient (Wildman–Crippen LogP) is 4.75. The van der Waals surface area contributed by atoms with Crippen molar-refractivity contribution < 1.29 is 23.8 Å². The summed E-state index contributed by atoms with van der Waals surface area (Å²) in [6.45, 7) is 1.74. The van der Waals surface area contributed by atoms with E-state index in [1.165, 1.54) is 18.1 Å². The summed E-state index contributed by atoms with van der Waals surface area (Å²) in [5.41, 5.74) is 0.914. The Labute approximate surface area is 188 Å². The van der Waals surface area contributed by atoms with Crippen LogP contribution in [-0.4, -0.2) is 23.9 Å². The number of amides is 1. The number of hydrogen-bond acceptors (Lipinski definition) is 6. The van der Waals surface area contributed by atoms with E-state index in [9.17, 15) is 14.7 Å². The van der Waals surface area contributed by atoms with Crippen molar-refractivity contribution in [2.24, 2.45) is 0 Å². The van der Waals surface area contributed by atoms with Crippen LogP contribution in [0, 0.1) is 18.3 Å². The van der Waals surface area contributed by atoms with E-state index >= 15 is 0 Å². The summed E-state index contributed by atoms with van der Waals surface area (Å²) in [6.07, 6.45) is 0. The quantitative estimate of drug-likeness (QED) is 0.351. The molecule has 1 N–H and O–H groups in total. The van der Waals surface area contributed by atoms with Crippen LogP contribution in [0.2, 0.25) is 5.02 Å². The predicted molar refractivity (Wildman–Crippen MR) is 117 cm³/mol. The SMILES string of the molecule is COc1ccc(/C(O)=C2/C(=O)C(=O)N(c3ccc(C#N)cc3)C2c2ccc(C)o2)cc1Cl. The van der Waals surface area contributed by atoms with E-state index in [1.54, 1.807) is 55.5 Å². The molecule has 1 atom stereocenters. The molecule has 0 aliphatic carbocycles.